The van der Waals surface area contributed by atoms with Crippen LogP contribution in [0.25, 0.3) is 10.2 Å². The number of hydrogen-bond acceptors (Lipinski definition) is 4. The van der Waals surface area contributed by atoms with Gasteiger partial charge in [-0.3, -0.25) is 10.1 Å². The van der Waals surface area contributed by atoms with Crippen LogP contribution in [0, 0.1) is 10.1 Å². The molecule has 0 aliphatic rings. The highest BCUT2D eigenvalue weighted by Gasteiger charge is 2.30. The minimum atomic E-state index is -1.28. The van der Waals surface area contributed by atoms with Gasteiger partial charge in [0.15, 0.2) is 0 Å². The first-order chi connectivity index (χ1) is 7.04. The van der Waals surface area contributed by atoms with Crippen molar-refractivity contribution in [2.45, 2.75) is 0 Å². The maximum atomic E-state index is 10.9. The smallest absolute Gasteiger partial charge is 0.359 e. The normalized spacial score (nSPS) is 10.7. The second kappa shape index (κ2) is 3.06. The van der Waals surface area contributed by atoms with Crippen LogP contribution >= 0.6 is 11.3 Å². The number of nitro groups is 1. The van der Waals surface area contributed by atoms with E-state index in [4.69, 9.17) is 5.11 Å². The molecule has 0 aromatic carbocycles. The van der Waals surface area contributed by atoms with Crippen LogP contribution in [0.1, 0.15) is 10.5 Å². The van der Waals surface area contributed by atoms with Crippen molar-refractivity contribution in [3.8, 4) is 0 Å². The summed E-state index contributed by atoms with van der Waals surface area (Å²) in [6.07, 6.45) is 0. The van der Waals surface area contributed by atoms with Crippen molar-refractivity contribution in [3.05, 3.63) is 27.3 Å². The molecule has 0 atom stereocenters. The van der Waals surface area contributed by atoms with E-state index in [1.165, 1.54) is 23.0 Å². The van der Waals surface area contributed by atoms with Gasteiger partial charge in [-0.15, -0.1) is 11.3 Å². The van der Waals surface area contributed by atoms with Crippen LogP contribution in [0.5, 0.6) is 0 Å². The Morgan fingerprint density at radius 3 is 2.87 bits per heavy atom. The van der Waals surface area contributed by atoms with Crippen molar-refractivity contribution < 1.29 is 14.8 Å². The van der Waals surface area contributed by atoms with Gasteiger partial charge >= 0.3 is 11.7 Å². The first-order valence-corrected chi connectivity index (χ1v) is 4.85. The highest BCUT2D eigenvalue weighted by atomic mass is 32.1. The fourth-order valence-electron chi connectivity index (χ4n) is 1.54. The number of fused-ring (bicyclic) bond motifs is 1. The van der Waals surface area contributed by atoms with Gasteiger partial charge < -0.3 is 9.67 Å². The lowest BCUT2D eigenvalue weighted by atomic mass is 10.3. The summed E-state index contributed by atoms with van der Waals surface area (Å²) in [5.74, 6) is -1.28. The summed E-state index contributed by atoms with van der Waals surface area (Å²) in [7, 11) is 1.51. The Labute approximate surface area is 87.5 Å². The van der Waals surface area contributed by atoms with Crippen molar-refractivity contribution in [3.63, 3.8) is 0 Å². The SMILES string of the molecule is Cn1c(C(=O)O)c([N+](=O)[O-])c2sccc21. The van der Waals surface area contributed by atoms with Crippen LogP contribution in [0.15, 0.2) is 11.4 Å². The number of thiophene rings is 1. The zero-order valence-electron chi connectivity index (χ0n) is 7.63. The monoisotopic (exact) mass is 226 g/mol. The lowest BCUT2D eigenvalue weighted by Gasteiger charge is -1.96. The van der Waals surface area contributed by atoms with Crippen molar-refractivity contribution in [1.82, 2.24) is 4.57 Å². The third kappa shape index (κ3) is 1.20. The van der Waals surface area contributed by atoms with E-state index in [1.807, 2.05) is 0 Å². The van der Waals surface area contributed by atoms with Crippen LogP contribution in [0.4, 0.5) is 5.69 Å². The highest BCUT2D eigenvalue weighted by molar-refractivity contribution is 7.17. The minimum Gasteiger partial charge on any atom is -0.476 e. The third-order valence-corrected chi connectivity index (χ3v) is 3.08. The molecule has 2 aromatic heterocycles. The first kappa shape index (κ1) is 9.66. The zero-order chi connectivity index (χ0) is 11.2. The molecule has 0 amide bonds. The van der Waals surface area contributed by atoms with E-state index in [1.54, 1.807) is 11.4 Å². The quantitative estimate of drug-likeness (QED) is 0.625. The summed E-state index contributed by atoms with van der Waals surface area (Å²) in [5.41, 5.74) is -0.0269. The molecule has 0 radical (unpaired) electrons. The molecule has 2 aromatic rings. The molecule has 15 heavy (non-hydrogen) atoms. The molecule has 2 rings (SSSR count). The molecule has 0 aliphatic carbocycles. The highest BCUT2D eigenvalue weighted by Crippen LogP contribution is 2.35. The van der Waals surface area contributed by atoms with Gasteiger partial charge in [0.05, 0.1) is 10.4 Å². The van der Waals surface area contributed by atoms with E-state index >= 15 is 0 Å². The van der Waals surface area contributed by atoms with E-state index in [0.717, 1.165) is 0 Å². The Morgan fingerprint density at radius 1 is 1.67 bits per heavy atom. The van der Waals surface area contributed by atoms with Gasteiger partial charge in [-0.25, -0.2) is 4.79 Å². The molecule has 2 heterocycles. The largest absolute Gasteiger partial charge is 0.476 e. The molecule has 6 nitrogen and oxygen atoms in total. The first-order valence-electron chi connectivity index (χ1n) is 3.97. The van der Waals surface area contributed by atoms with Crippen LogP contribution < -0.4 is 0 Å². The van der Waals surface area contributed by atoms with E-state index in [-0.39, 0.29) is 11.4 Å². The number of aromatic nitrogens is 1. The fraction of sp³-hybridized carbons (Fsp3) is 0.125. The molecule has 0 saturated heterocycles. The van der Waals surface area contributed by atoms with E-state index < -0.39 is 10.9 Å². The van der Waals surface area contributed by atoms with Gasteiger partial charge in [-0.2, -0.15) is 0 Å². The maximum absolute atomic E-state index is 10.9. The Hall–Kier alpha value is -1.89. The molecule has 7 heteroatoms. The Kier molecular flexibility index (Phi) is 1.97. The fourth-order valence-corrected chi connectivity index (χ4v) is 2.49. The number of aryl methyl sites for hydroxylation is 1. The number of carboxylic acids is 1. The van der Waals surface area contributed by atoms with Crippen molar-refractivity contribution >= 4 is 33.2 Å². The second-order valence-corrected chi connectivity index (χ2v) is 3.87. The van der Waals surface area contributed by atoms with Crippen LogP contribution in [0.2, 0.25) is 0 Å². The molecule has 78 valence electrons. The number of aromatic carboxylic acids is 1. The molecule has 0 bridgehead atoms. The average Bonchev–Trinajstić information content (AvgIpc) is 2.66. The van der Waals surface area contributed by atoms with Crippen molar-refractivity contribution in [1.29, 1.82) is 0 Å². The van der Waals surface area contributed by atoms with Crippen LogP contribution in [-0.4, -0.2) is 20.6 Å². The summed E-state index contributed by atoms with van der Waals surface area (Å²) in [6, 6.07) is 1.67. The average molecular weight is 226 g/mol. The predicted molar refractivity (Wildman–Crippen MR) is 54.4 cm³/mol. The summed E-state index contributed by atoms with van der Waals surface area (Å²) in [5, 5.41) is 21.4. The molecule has 0 saturated carbocycles. The second-order valence-electron chi connectivity index (χ2n) is 2.95. The Balaban J connectivity index is 2.93. The van der Waals surface area contributed by atoms with Gasteiger partial charge in [-0.1, -0.05) is 0 Å². The number of carbonyl (C=O) groups is 1. The van der Waals surface area contributed by atoms with E-state index in [2.05, 4.69) is 0 Å². The van der Waals surface area contributed by atoms with Crippen LogP contribution in [-0.2, 0) is 7.05 Å². The predicted octanol–water partition coefficient (Wildman–Crippen LogP) is 1.85. The lowest BCUT2D eigenvalue weighted by molar-refractivity contribution is -0.383. The molecule has 0 spiro atoms. The zero-order valence-corrected chi connectivity index (χ0v) is 8.45. The summed E-state index contributed by atoms with van der Waals surface area (Å²) in [4.78, 5) is 21.0. The molecular weight excluding hydrogens is 220 g/mol. The Morgan fingerprint density at radius 2 is 2.33 bits per heavy atom. The number of rotatable bonds is 2. The number of nitrogens with zero attached hydrogens (tertiary/aromatic N) is 2. The van der Waals surface area contributed by atoms with E-state index in [9.17, 15) is 14.9 Å². The summed E-state index contributed by atoms with van der Waals surface area (Å²) < 4.78 is 1.73. The molecular formula is C8H6N2O4S. The topological polar surface area (TPSA) is 85.4 Å². The van der Waals surface area contributed by atoms with Crippen molar-refractivity contribution in [2.75, 3.05) is 0 Å². The van der Waals surface area contributed by atoms with Gasteiger partial charge in [-0.05, 0) is 11.4 Å². The Bertz CT molecular complexity index is 568. The van der Waals surface area contributed by atoms with Gasteiger partial charge in [0, 0.05) is 7.05 Å². The molecule has 0 unspecified atom stereocenters. The van der Waals surface area contributed by atoms with Crippen molar-refractivity contribution in [2.24, 2.45) is 7.05 Å². The van der Waals surface area contributed by atoms with Gasteiger partial charge in [0.2, 0.25) is 5.69 Å². The molecule has 1 N–H and O–H groups in total. The standard InChI is InChI=1S/C8H6N2O4S/c1-9-4-2-3-15-7(4)5(10(13)14)6(9)8(11)12/h2-3H,1H3,(H,11,12). The maximum Gasteiger partial charge on any atom is 0.359 e. The van der Waals surface area contributed by atoms with Gasteiger partial charge in [0.25, 0.3) is 0 Å². The van der Waals surface area contributed by atoms with Gasteiger partial charge in [0.1, 0.15) is 4.70 Å². The third-order valence-electron chi connectivity index (χ3n) is 2.17. The molecule has 0 fully saturated rings. The number of carboxylic acid groups (broad SMARTS) is 1. The van der Waals surface area contributed by atoms with Crippen LogP contribution in [0.3, 0.4) is 0 Å². The van der Waals surface area contributed by atoms with E-state index in [0.29, 0.717) is 10.2 Å². The number of hydrogen-bond donors (Lipinski definition) is 1. The summed E-state index contributed by atoms with van der Waals surface area (Å²) >= 11 is 1.17. The lowest BCUT2D eigenvalue weighted by Crippen LogP contribution is -2.07. The summed E-state index contributed by atoms with van der Waals surface area (Å²) in [6.45, 7) is 0. The molecule has 0 aliphatic heterocycles. The minimum absolute atomic E-state index is 0.276.